The van der Waals surface area contributed by atoms with Crippen molar-refractivity contribution >= 4 is 0 Å². The minimum atomic E-state index is -0.680. The van der Waals surface area contributed by atoms with Crippen molar-refractivity contribution in [1.29, 1.82) is 0 Å². The van der Waals surface area contributed by atoms with Crippen LogP contribution in [0.4, 0.5) is 0 Å². The van der Waals surface area contributed by atoms with Crippen molar-refractivity contribution in [3.05, 3.63) is 0 Å². The molecule has 2 aliphatic heterocycles. The van der Waals surface area contributed by atoms with Crippen molar-refractivity contribution in [1.82, 2.24) is 15.4 Å². The molecule has 6 nitrogen and oxygen atoms in total. The van der Waals surface area contributed by atoms with E-state index < -0.39 is 11.2 Å². The fraction of sp³-hybridized carbons (Fsp3) is 1.00. The maximum absolute atomic E-state index is 10.7. The normalized spacial score (nSPS) is 38.4. The molecule has 0 spiro atoms. The Morgan fingerprint density at radius 2 is 1.46 bits per heavy atom. The Kier molecular flexibility index (Phi) is 4.71. The summed E-state index contributed by atoms with van der Waals surface area (Å²) in [6, 6.07) is 0. The van der Waals surface area contributed by atoms with Crippen LogP contribution in [0.1, 0.15) is 74.7 Å². The Morgan fingerprint density at radius 1 is 0.917 bits per heavy atom. The monoisotopic (exact) mass is 342 g/mol. The molecule has 0 aromatic rings. The van der Waals surface area contributed by atoms with Crippen LogP contribution in [-0.4, -0.2) is 54.9 Å². The van der Waals surface area contributed by atoms with Crippen LogP contribution in [0.5, 0.6) is 0 Å². The molecule has 0 aliphatic carbocycles. The molecule has 2 fully saturated rings. The van der Waals surface area contributed by atoms with Gasteiger partial charge < -0.3 is 16.1 Å². The maximum atomic E-state index is 10.7. The lowest BCUT2D eigenvalue weighted by Gasteiger charge is -2.58. The second kappa shape index (κ2) is 5.63. The zero-order valence-corrected chi connectivity index (χ0v) is 16.8. The molecule has 2 heterocycles. The Labute approximate surface area is 147 Å². The molecule has 0 saturated carbocycles. The van der Waals surface area contributed by atoms with Crippen molar-refractivity contribution < 1.29 is 10.4 Å². The van der Waals surface area contributed by atoms with Crippen LogP contribution in [0, 0.1) is 5.92 Å². The first-order chi connectivity index (χ1) is 10.6. The first-order valence-electron chi connectivity index (χ1n) is 9.10. The Morgan fingerprint density at radius 3 is 1.92 bits per heavy atom. The summed E-state index contributed by atoms with van der Waals surface area (Å²) in [6.07, 6.45) is 2.51. The third-order valence-electron chi connectivity index (χ3n) is 6.85. The van der Waals surface area contributed by atoms with E-state index in [4.69, 9.17) is 5.73 Å². The number of hydroxylamine groups is 4. The molecule has 24 heavy (non-hydrogen) atoms. The van der Waals surface area contributed by atoms with Gasteiger partial charge in [-0.1, -0.05) is 0 Å². The van der Waals surface area contributed by atoms with E-state index in [1.165, 1.54) is 10.1 Å². The zero-order chi connectivity index (χ0) is 18.8. The van der Waals surface area contributed by atoms with Gasteiger partial charge in [-0.15, -0.1) is 0 Å². The molecule has 142 valence electrons. The lowest BCUT2D eigenvalue weighted by atomic mass is 9.73. The number of hydrogen-bond donors (Lipinski definition) is 4. The van der Waals surface area contributed by atoms with E-state index in [2.05, 4.69) is 33.0 Å². The fourth-order valence-corrected chi connectivity index (χ4v) is 4.68. The third kappa shape index (κ3) is 2.91. The van der Waals surface area contributed by atoms with Crippen LogP contribution in [0.2, 0.25) is 0 Å². The van der Waals surface area contributed by atoms with E-state index in [0.29, 0.717) is 6.54 Å². The maximum Gasteiger partial charge on any atom is 0.0869 e. The van der Waals surface area contributed by atoms with Gasteiger partial charge >= 0.3 is 0 Å². The van der Waals surface area contributed by atoms with Gasteiger partial charge in [-0.05, 0) is 80.6 Å². The molecule has 0 aromatic heterocycles. The number of nitrogens with two attached hydrogens (primary N) is 1. The van der Waals surface area contributed by atoms with Gasteiger partial charge in [0, 0.05) is 23.2 Å². The van der Waals surface area contributed by atoms with Crippen LogP contribution in [0.15, 0.2) is 0 Å². The van der Waals surface area contributed by atoms with Gasteiger partial charge in [-0.2, -0.15) is 10.1 Å². The minimum absolute atomic E-state index is 0.245. The van der Waals surface area contributed by atoms with Gasteiger partial charge in [0.1, 0.15) is 0 Å². The van der Waals surface area contributed by atoms with E-state index in [0.717, 1.165) is 19.3 Å². The number of nitrogens with zero attached hydrogens (tertiary/aromatic N) is 2. The number of rotatable bonds is 3. The van der Waals surface area contributed by atoms with E-state index in [-0.39, 0.29) is 22.5 Å². The lowest BCUT2D eigenvalue weighted by molar-refractivity contribution is -0.268. The molecule has 2 saturated heterocycles. The second-order valence-electron chi connectivity index (χ2n) is 10.2. The topological polar surface area (TPSA) is 85.0 Å². The van der Waals surface area contributed by atoms with Crippen molar-refractivity contribution in [3.8, 4) is 0 Å². The predicted molar refractivity (Wildman–Crippen MR) is 95.8 cm³/mol. The van der Waals surface area contributed by atoms with Crippen molar-refractivity contribution in [2.24, 2.45) is 11.7 Å². The smallest absolute Gasteiger partial charge is 0.0869 e. The van der Waals surface area contributed by atoms with Crippen molar-refractivity contribution in [3.63, 3.8) is 0 Å². The zero-order valence-electron chi connectivity index (χ0n) is 16.8. The van der Waals surface area contributed by atoms with E-state index in [1.54, 1.807) is 0 Å². The average molecular weight is 343 g/mol. The number of piperidine rings is 1. The van der Waals surface area contributed by atoms with Gasteiger partial charge in [0.05, 0.1) is 11.2 Å². The summed E-state index contributed by atoms with van der Waals surface area (Å²) in [5.41, 5.74) is 4.61. The fourth-order valence-electron chi connectivity index (χ4n) is 4.68. The summed E-state index contributed by atoms with van der Waals surface area (Å²) in [7, 11) is 0. The quantitative estimate of drug-likeness (QED) is 0.590. The highest BCUT2D eigenvalue weighted by Gasteiger charge is 2.56. The Balaban J connectivity index is 2.14. The van der Waals surface area contributed by atoms with Crippen LogP contribution in [-0.2, 0) is 0 Å². The Hall–Kier alpha value is -0.240. The molecule has 6 heteroatoms. The van der Waals surface area contributed by atoms with E-state index in [1.807, 2.05) is 27.7 Å². The number of hydrogen-bond acceptors (Lipinski definition) is 6. The molecule has 2 atom stereocenters. The summed E-state index contributed by atoms with van der Waals surface area (Å²) in [4.78, 5) is 0. The predicted octanol–water partition coefficient (Wildman–Crippen LogP) is 2.54. The highest BCUT2D eigenvalue weighted by atomic mass is 16.5. The lowest BCUT2D eigenvalue weighted by Crippen LogP contribution is -2.78. The summed E-state index contributed by atoms with van der Waals surface area (Å²) < 4.78 is 0. The molecule has 0 bridgehead atoms. The first-order valence-corrected chi connectivity index (χ1v) is 9.10. The summed E-state index contributed by atoms with van der Waals surface area (Å²) in [5, 5.41) is 27.6. The molecule has 0 amide bonds. The second-order valence-corrected chi connectivity index (χ2v) is 10.2. The molecule has 2 rings (SSSR count). The average Bonchev–Trinajstić information content (AvgIpc) is 2.60. The molecule has 2 aliphatic rings. The summed E-state index contributed by atoms with van der Waals surface area (Å²) in [6.45, 7) is 17.1. The van der Waals surface area contributed by atoms with Gasteiger partial charge in [0.25, 0.3) is 0 Å². The number of nitrogens with one attached hydrogen (secondary N) is 1. The summed E-state index contributed by atoms with van der Waals surface area (Å²) in [5.74, 6) is 0.274. The van der Waals surface area contributed by atoms with Crippen LogP contribution in [0.25, 0.3) is 0 Å². The molecule has 5 N–H and O–H groups in total. The van der Waals surface area contributed by atoms with Gasteiger partial charge in [0.15, 0.2) is 0 Å². The van der Waals surface area contributed by atoms with Crippen molar-refractivity contribution in [2.45, 2.75) is 102 Å². The Bertz CT molecular complexity index is 489. The molecule has 0 aromatic carbocycles. The van der Waals surface area contributed by atoms with E-state index in [9.17, 15) is 10.4 Å². The molecular weight excluding hydrogens is 304 g/mol. The van der Waals surface area contributed by atoms with Gasteiger partial charge in [-0.3, -0.25) is 5.32 Å². The van der Waals surface area contributed by atoms with Crippen LogP contribution >= 0.6 is 0 Å². The van der Waals surface area contributed by atoms with Gasteiger partial charge in [-0.25, -0.2) is 0 Å². The first kappa shape index (κ1) is 20.1. The van der Waals surface area contributed by atoms with Gasteiger partial charge in [0.2, 0.25) is 0 Å². The molecular formula is C18H38N4O2. The highest BCUT2D eigenvalue weighted by molar-refractivity contribution is 5.10. The minimum Gasteiger partial charge on any atom is -0.313 e. The largest absolute Gasteiger partial charge is 0.313 e. The molecule has 2 unspecified atom stereocenters. The van der Waals surface area contributed by atoms with Crippen molar-refractivity contribution in [2.75, 3.05) is 6.54 Å². The SMILES string of the molecule is CC1(C)CC(CNC2(N)CCC(C)(C)N(O)C2(C)C)C(C)(C)N1O. The van der Waals surface area contributed by atoms with Crippen LogP contribution < -0.4 is 11.1 Å². The molecule has 0 radical (unpaired) electrons. The van der Waals surface area contributed by atoms with E-state index >= 15 is 0 Å². The highest BCUT2D eigenvalue weighted by Crippen LogP contribution is 2.45. The standard InChI is InChI=1S/C18H38N4O2/c1-14(2)9-10-18(19,17(7,8)22(14)24)20-12-13-11-15(3,4)21(23)16(13,5)6/h13,20,23-24H,9-12,19H2,1-8H3. The third-order valence-corrected chi connectivity index (χ3v) is 6.85. The summed E-state index contributed by atoms with van der Waals surface area (Å²) >= 11 is 0. The van der Waals surface area contributed by atoms with Crippen LogP contribution in [0.3, 0.4) is 0 Å².